The third kappa shape index (κ3) is 1.96. The molecule has 2 rings (SSSR count). The molecule has 2 aromatic rings. The van der Waals surface area contributed by atoms with Gasteiger partial charge in [0.1, 0.15) is 17.9 Å². The number of esters is 1. The molecule has 2 aromatic heterocycles. The Bertz CT molecular complexity index is 615. The number of aromatic amines is 1. The lowest BCUT2D eigenvalue weighted by molar-refractivity contribution is -0.143. The number of carbonyl (C=O) groups excluding carboxylic acids is 1. The molecule has 0 aliphatic rings. The Morgan fingerprint density at radius 2 is 2.41 bits per heavy atom. The normalized spacial score (nSPS) is 10.6. The fourth-order valence-corrected chi connectivity index (χ4v) is 1.44. The van der Waals surface area contributed by atoms with Gasteiger partial charge in [-0.3, -0.25) is 9.36 Å². The summed E-state index contributed by atoms with van der Waals surface area (Å²) in [5.74, 6) is -0.424. The lowest BCUT2D eigenvalue weighted by Crippen LogP contribution is -2.29. The molecule has 0 fully saturated rings. The zero-order chi connectivity index (χ0) is 12.4. The number of nitrogens with one attached hydrogen (secondary N) is 1. The van der Waals surface area contributed by atoms with Crippen LogP contribution in [0.2, 0.25) is 0 Å². The standard InChI is InChI=1S/C9H11N5O3/c1-2-17-5(15)3-14-7(10)6-8(12-4-11-6)13-9(14)16/h4H,2-3,10H2,1H3,(H,11,12,13,16). The topological polar surface area (TPSA) is 116 Å². The summed E-state index contributed by atoms with van der Waals surface area (Å²) < 4.78 is 5.78. The minimum Gasteiger partial charge on any atom is -0.465 e. The number of nitrogens with two attached hydrogens (primary N) is 1. The molecule has 0 radical (unpaired) electrons. The average Bonchev–Trinajstić information content (AvgIpc) is 2.72. The van der Waals surface area contributed by atoms with Crippen LogP contribution in [0.25, 0.3) is 11.2 Å². The third-order valence-electron chi connectivity index (χ3n) is 2.19. The molecular formula is C9H11N5O3. The van der Waals surface area contributed by atoms with Gasteiger partial charge in [0.2, 0.25) is 0 Å². The van der Waals surface area contributed by atoms with Crippen molar-refractivity contribution in [3.05, 3.63) is 16.8 Å². The fraction of sp³-hybridized carbons (Fsp3) is 0.333. The largest absolute Gasteiger partial charge is 0.465 e. The highest BCUT2D eigenvalue weighted by Crippen LogP contribution is 2.11. The highest BCUT2D eigenvalue weighted by Gasteiger charge is 2.13. The van der Waals surface area contributed by atoms with Crippen molar-refractivity contribution < 1.29 is 9.53 Å². The van der Waals surface area contributed by atoms with Gasteiger partial charge < -0.3 is 15.5 Å². The highest BCUT2D eigenvalue weighted by atomic mass is 16.5. The van der Waals surface area contributed by atoms with E-state index in [1.165, 1.54) is 6.33 Å². The van der Waals surface area contributed by atoms with Crippen LogP contribution in [0, 0.1) is 0 Å². The number of ether oxygens (including phenoxy) is 1. The summed E-state index contributed by atoms with van der Waals surface area (Å²) in [6.45, 7) is 1.66. The number of anilines is 1. The number of carbonyl (C=O) groups is 1. The van der Waals surface area contributed by atoms with E-state index in [2.05, 4.69) is 15.0 Å². The number of imidazole rings is 1. The van der Waals surface area contributed by atoms with Crippen LogP contribution in [0.1, 0.15) is 6.92 Å². The second-order valence-corrected chi connectivity index (χ2v) is 3.27. The summed E-state index contributed by atoms with van der Waals surface area (Å²) in [6, 6.07) is 0. The van der Waals surface area contributed by atoms with Gasteiger partial charge in [-0.05, 0) is 6.92 Å². The maximum atomic E-state index is 11.6. The van der Waals surface area contributed by atoms with E-state index in [-0.39, 0.29) is 24.6 Å². The Kier molecular flexibility index (Phi) is 2.77. The van der Waals surface area contributed by atoms with Gasteiger partial charge >= 0.3 is 11.7 Å². The molecule has 0 saturated heterocycles. The molecule has 90 valence electrons. The Morgan fingerprint density at radius 1 is 1.65 bits per heavy atom. The lowest BCUT2D eigenvalue weighted by atomic mass is 10.4. The summed E-state index contributed by atoms with van der Waals surface area (Å²) in [4.78, 5) is 33.2. The van der Waals surface area contributed by atoms with Gasteiger partial charge in [-0.1, -0.05) is 0 Å². The van der Waals surface area contributed by atoms with E-state index < -0.39 is 11.7 Å². The van der Waals surface area contributed by atoms with Crippen molar-refractivity contribution in [2.75, 3.05) is 12.3 Å². The first-order valence-electron chi connectivity index (χ1n) is 4.98. The first kappa shape index (κ1) is 11.1. The van der Waals surface area contributed by atoms with Gasteiger partial charge in [0.15, 0.2) is 5.65 Å². The molecule has 0 spiro atoms. The molecule has 0 atom stereocenters. The molecule has 2 heterocycles. The molecule has 8 nitrogen and oxygen atoms in total. The van der Waals surface area contributed by atoms with Crippen molar-refractivity contribution in [2.45, 2.75) is 13.5 Å². The zero-order valence-corrected chi connectivity index (χ0v) is 9.14. The van der Waals surface area contributed by atoms with E-state index >= 15 is 0 Å². The van der Waals surface area contributed by atoms with E-state index in [4.69, 9.17) is 10.5 Å². The molecule has 3 N–H and O–H groups in total. The molecule has 17 heavy (non-hydrogen) atoms. The molecule has 0 saturated carbocycles. The Labute approximate surface area is 95.4 Å². The molecule has 0 aliphatic heterocycles. The Balaban J connectivity index is 2.46. The second-order valence-electron chi connectivity index (χ2n) is 3.27. The van der Waals surface area contributed by atoms with Gasteiger partial charge in [0.05, 0.1) is 12.9 Å². The predicted molar refractivity (Wildman–Crippen MR) is 59.2 cm³/mol. The molecule has 0 unspecified atom stereocenters. The van der Waals surface area contributed by atoms with Crippen LogP contribution < -0.4 is 11.4 Å². The number of hydrogen-bond acceptors (Lipinski definition) is 6. The number of hydrogen-bond donors (Lipinski definition) is 2. The first-order valence-corrected chi connectivity index (χ1v) is 4.98. The van der Waals surface area contributed by atoms with Gasteiger partial charge in [0, 0.05) is 0 Å². The number of nitrogen functional groups attached to an aromatic ring is 1. The number of H-pyrrole nitrogens is 1. The lowest BCUT2D eigenvalue weighted by Gasteiger charge is -2.08. The average molecular weight is 237 g/mol. The van der Waals surface area contributed by atoms with E-state index in [9.17, 15) is 9.59 Å². The first-order chi connectivity index (χ1) is 8.13. The van der Waals surface area contributed by atoms with Crippen LogP contribution in [-0.4, -0.2) is 32.1 Å². The van der Waals surface area contributed by atoms with Crippen LogP contribution in [-0.2, 0) is 16.1 Å². The predicted octanol–water partition coefficient (Wildman–Crippen LogP) is -0.735. The van der Waals surface area contributed by atoms with Crippen LogP contribution >= 0.6 is 0 Å². The number of fused-ring (bicyclic) bond motifs is 1. The molecule has 0 aromatic carbocycles. The maximum Gasteiger partial charge on any atom is 0.351 e. The van der Waals surface area contributed by atoms with E-state index in [0.717, 1.165) is 4.57 Å². The zero-order valence-electron chi connectivity index (χ0n) is 9.14. The quantitative estimate of drug-likeness (QED) is 0.679. The SMILES string of the molecule is CCOC(=O)Cn1c(N)c2[nH]cnc2nc1=O. The second kappa shape index (κ2) is 4.24. The van der Waals surface area contributed by atoms with Crippen molar-refractivity contribution >= 4 is 23.0 Å². The maximum absolute atomic E-state index is 11.6. The molecule has 0 aliphatic carbocycles. The molecule has 0 bridgehead atoms. The summed E-state index contributed by atoms with van der Waals surface area (Å²) >= 11 is 0. The molecule has 8 heteroatoms. The van der Waals surface area contributed by atoms with Crippen LogP contribution in [0.4, 0.5) is 5.82 Å². The van der Waals surface area contributed by atoms with Crippen molar-refractivity contribution in [1.82, 2.24) is 19.5 Å². The number of rotatable bonds is 3. The van der Waals surface area contributed by atoms with Crippen LogP contribution in [0.3, 0.4) is 0 Å². The summed E-state index contributed by atoms with van der Waals surface area (Å²) in [7, 11) is 0. The molecular weight excluding hydrogens is 226 g/mol. The minimum absolute atomic E-state index is 0.116. The van der Waals surface area contributed by atoms with Gasteiger partial charge in [-0.25, -0.2) is 9.78 Å². The van der Waals surface area contributed by atoms with Crippen molar-refractivity contribution in [3.8, 4) is 0 Å². The smallest absolute Gasteiger partial charge is 0.351 e. The Morgan fingerprint density at radius 3 is 3.12 bits per heavy atom. The van der Waals surface area contributed by atoms with Crippen LogP contribution in [0.15, 0.2) is 11.1 Å². The van der Waals surface area contributed by atoms with E-state index in [0.29, 0.717) is 5.52 Å². The van der Waals surface area contributed by atoms with E-state index in [1.54, 1.807) is 6.92 Å². The van der Waals surface area contributed by atoms with Gasteiger partial charge in [-0.15, -0.1) is 0 Å². The fourth-order valence-electron chi connectivity index (χ4n) is 1.44. The number of aromatic nitrogens is 4. The molecule has 0 amide bonds. The highest BCUT2D eigenvalue weighted by molar-refractivity contribution is 5.81. The van der Waals surface area contributed by atoms with Gasteiger partial charge in [0.25, 0.3) is 0 Å². The van der Waals surface area contributed by atoms with Crippen molar-refractivity contribution in [3.63, 3.8) is 0 Å². The summed E-state index contributed by atoms with van der Waals surface area (Å²) in [6.07, 6.45) is 1.38. The van der Waals surface area contributed by atoms with E-state index in [1.807, 2.05) is 0 Å². The minimum atomic E-state index is -0.629. The van der Waals surface area contributed by atoms with Crippen molar-refractivity contribution in [1.29, 1.82) is 0 Å². The summed E-state index contributed by atoms with van der Waals surface area (Å²) in [5, 5.41) is 0. The third-order valence-corrected chi connectivity index (χ3v) is 2.19. The van der Waals surface area contributed by atoms with Gasteiger partial charge in [-0.2, -0.15) is 4.98 Å². The Hall–Kier alpha value is -2.38. The monoisotopic (exact) mass is 237 g/mol. The summed E-state index contributed by atoms with van der Waals surface area (Å²) in [5.41, 5.74) is 5.78. The van der Waals surface area contributed by atoms with Crippen molar-refractivity contribution in [2.24, 2.45) is 0 Å². The number of nitrogens with zero attached hydrogens (tertiary/aromatic N) is 3. The van der Waals surface area contributed by atoms with Crippen LogP contribution in [0.5, 0.6) is 0 Å².